The normalized spacial score (nSPS) is 12.0. The number of fused-ring (bicyclic) bond motifs is 1. The molecule has 0 radical (unpaired) electrons. The Morgan fingerprint density at radius 2 is 1.78 bits per heavy atom. The quantitative estimate of drug-likeness (QED) is 0.732. The van der Waals surface area contributed by atoms with Crippen LogP contribution in [0.15, 0.2) is 42.5 Å². The molecule has 2 aromatic carbocycles. The molecule has 0 saturated heterocycles. The minimum atomic E-state index is -0.379. The average Bonchev–Trinajstić information content (AvgIpc) is 3.09. The van der Waals surface area contributed by atoms with Gasteiger partial charge in [0.25, 0.3) is 0 Å². The second-order valence-electron chi connectivity index (χ2n) is 6.38. The lowest BCUT2D eigenvalue weighted by molar-refractivity contribution is -0.126. The monoisotopic (exact) mass is 370 g/mol. The number of anilines is 1. The molecule has 7 nitrogen and oxygen atoms in total. The number of hydrogen-bond donors (Lipinski definition) is 2. The number of hydrogen-bond acceptors (Lipinski definition) is 5. The Kier molecular flexibility index (Phi) is 5.80. The van der Waals surface area contributed by atoms with E-state index in [0.717, 1.165) is 11.3 Å². The molecule has 7 heteroatoms. The number of benzene rings is 2. The maximum absolute atomic E-state index is 12.0. The molecule has 0 saturated carbocycles. The van der Waals surface area contributed by atoms with Gasteiger partial charge in [0.15, 0.2) is 11.5 Å². The zero-order valence-corrected chi connectivity index (χ0v) is 15.3. The summed E-state index contributed by atoms with van der Waals surface area (Å²) in [5.74, 6) is 1.34. The topological polar surface area (TPSA) is 85.9 Å². The van der Waals surface area contributed by atoms with E-state index in [0.29, 0.717) is 23.7 Å². The maximum Gasteiger partial charge on any atom is 0.233 e. The smallest absolute Gasteiger partial charge is 0.233 e. The van der Waals surface area contributed by atoms with Crippen LogP contribution in [0.1, 0.15) is 25.8 Å². The molecule has 1 aliphatic heterocycles. The third-order valence-electron chi connectivity index (χ3n) is 3.76. The van der Waals surface area contributed by atoms with Crippen molar-refractivity contribution in [2.24, 2.45) is 0 Å². The van der Waals surface area contributed by atoms with Crippen molar-refractivity contribution >= 4 is 17.5 Å². The predicted molar refractivity (Wildman–Crippen MR) is 99.9 cm³/mol. The van der Waals surface area contributed by atoms with Gasteiger partial charge in [0.1, 0.15) is 12.2 Å². The van der Waals surface area contributed by atoms with Gasteiger partial charge < -0.3 is 24.8 Å². The van der Waals surface area contributed by atoms with Crippen molar-refractivity contribution in [3.8, 4) is 17.2 Å². The van der Waals surface area contributed by atoms with Crippen LogP contribution in [0.2, 0.25) is 0 Å². The number of ether oxygens (including phenoxy) is 3. The molecule has 2 amide bonds. The Labute approximate surface area is 157 Å². The lowest BCUT2D eigenvalue weighted by atomic mass is 10.2. The summed E-state index contributed by atoms with van der Waals surface area (Å²) in [4.78, 5) is 24.0. The predicted octanol–water partition coefficient (Wildman–Crippen LogP) is 2.85. The molecular weight excluding hydrogens is 348 g/mol. The highest BCUT2D eigenvalue weighted by molar-refractivity contribution is 6.03. The third-order valence-corrected chi connectivity index (χ3v) is 3.76. The first kappa shape index (κ1) is 18.6. The molecule has 0 fully saturated rings. The number of nitrogens with one attached hydrogen (secondary N) is 2. The molecule has 3 rings (SSSR count). The van der Waals surface area contributed by atoms with Crippen molar-refractivity contribution in [1.29, 1.82) is 0 Å². The van der Waals surface area contributed by atoms with Gasteiger partial charge in [0, 0.05) is 12.2 Å². The van der Waals surface area contributed by atoms with E-state index in [1.54, 1.807) is 30.3 Å². The highest BCUT2D eigenvalue weighted by Gasteiger charge is 2.14. The summed E-state index contributed by atoms with van der Waals surface area (Å²) in [6.45, 7) is 4.40. The van der Waals surface area contributed by atoms with Crippen LogP contribution in [0.25, 0.3) is 0 Å². The van der Waals surface area contributed by atoms with E-state index in [-0.39, 0.29) is 31.1 Å². The minimum absolute atomic E-state index is 0.0823. The van der Waals surface area contributed by atoms with Crippen LogP contribution in [0, 0.1) is 0 Å². The van der Waals surface area contributed by atoms with Gasteiger partial charge >= 0.3 is 0 Å². The van der Waals surface area contributed by atoms with Crippen LogP contribution < -0.4 is 24.8 Å². The van der Waals surface area contributed by atoms with Gasteiger partial charge in [-0.1, -0.05) is 6.07 Å². The summed E-state index contributed by atoms with van der Waals surface area (Å²) in [5.41, 5.74) is 1.48. The first-order chi connectivity index (χ1) is 13.0. The SMILES string of the molecule is CC(C)Oc1ccc(NC(=O)CC(=O)NCc2ccc3c(c2)OCO3)cc1. The molecule has 2 aromatic rings. The molecule has 0 spiro atoms. The molecule has 0 atom stereocenters. The van der Waals surface area contributed by atoms with Crippen molar-refractivity contribution in [3.05, 3.63) is 48.0 Å². The molecule has 0 aliphatic carbocycles. The van der Waals surface area contributed by atoms with Gasteiger partial charge in [-0.15, -0.1) is 0 Å². The molecule has 0 bridgehead atoms. The Morgan fingerprint density at radius 1 is 1.04 bits per heavy atom. The van der Waals surface area contributed by atoms with E-state index in [4.69, 9.17) is 14.2 Å². The number of amides is 2. The van der Waals surface area contributed by atoms with E-state index < -0.39 is 0 Å². The number of carbonyl (C=O) groups is 2. The average molecular weight is 370 g/mol. The molecule has 27 heavy (non-hydrogen) atoms. The number of carbonyl (C=O) groups excluding carboxylic acids is 2. The van der Waals surface area contributed by atoms with E-state index in [9.17, 15) is 9.59 Å². The lowest BCUT2D eigenvalue weighted by Gasteiger charge is -2.11. The Bertz CT molecular complexity index is 818. The van der Waals surface area contributed by atoms with Gasteiger partial charge in [0.05, 0.1) is 6.10 Å². The first-order valence-corrected chi connectivity index (χ1v) is 8.71. The van der Waals surface area contributed by atoms with Crippen LogP contribution in [-0.4, -0.2) is 24.7 Å². The van der Waals surface area contributed by atoms with E-state index >= 15 is 0 Å². The zero-order chi connectivity index (χ0) is 19.2. The van der Waals surface area contributed by atoms with Crippen molar-refractivity contribution < 1.29 is 23.8 Å². The second kappa shape index (κ2) is 8.44. The molecule has 0 aromatic heterocycles. The largest absolute Gasteiger partial charge is 0.491 e. The fourth-order valence-corrected chi connectivity index (χ4v) is 2.55. The van der Waals surface area contributed by atoms with Crippen LogP contribution >= 0.6 is 0 Å². The third kappa shape index (κ3) is 5.37. The highest BCUT2D eigenvalue weighted by atomic mass is 16.7. The fourth-order valence-electron chi connectivity index (χ4n) is 2.55. The standard InChI is InChI=1S/C20H22N2O5/c1-13(2)27-16-6-4-15(5-7-16)22-20(24)10-19(23)21-11-14-3-8-17-18(9-14)26-12-25-17/h3-9,13H,10-12H2,1-2H3,(H,21,23)(H,22,24). The van der Waals surface area contributed by atoms with Crippen molar-refractivity contribution in [3.63, 3.8) is 0 Å². The van der Waals surface area contributed by atoms with Crippen LogP contribution in [-0.2, 0) is 16.1 Å². The Hall–Kier alpha value is -3.22. The van der Waals surface area contributed by atoms with Crippen molar-refractivity contribution in [2.45, 2.75) is 32.9 Å². The summed E-state index contributed by atoms with van der Waals surface area (Å²) in [7, 11) is 0. The van der Waals surface area contributed by atoms with E-state index in [1.165, 1.54) is 0 Å². The van der Waals surface area contributed by atoms with E-state index in [2.05, 4.69) is 10.6 Å². The van der Waals surface area contributed by atoms with Gasteiger partial charge in [-0.2, -0.15) is 0 Å². The molecule has 0 unspecified atom stereocenters. The minimum Gasteiger partial charge on any atom is -0.491 e. The summed E-state index contributed by atoms with van der Waals surface area (Å²) in [6, 6.07) is 12.5. The molecule has 1 heterocycles. The highest BCUT2D eigenvalue weighted by Crippen LogP contribution is 2.32. The summed E-state index contributed by atoms with van der Waals surface area (Å²) in [5, 5.41) is 5.42. The molecule has 1 aliphatic rings. The molecule has 142 valence electrons. The zero-order valence-electron chi connectivity index (χ0n) is 15.3. The lowest BCUT2D eigenvalue weighted by Crippen LogP contribution is -2.27. The maximum atomic E-state index is 12.0. The van der Waals surface area contributed by atoms with Crippen LogP contribution in [0.4, 0.5) is 5.69 Å². The van der Waals surface area contributed by atoms with Gasteiger partial charge in [-0.3, -0.25) is 9.59 Å². The first-order valence-electron chi connectivity index (χ1n) is 8.71. The Balaban J connectivity index is 1.44. The van der Waals surface area contributed by atoms with Gasteiger partial charge in [-0.25, -0.2) is 0 Å². The molecule has 2 N–H and O–H groups in total. The van der Waals surface area contributed by atoms with Crippen molar-refractivity contribution in [2.75, 3.05) is 12.1 Å². The summed E-state index contributed by atoms with van der Waals surface area (Å²) in [6.07, 6.45) is -0.173. The summed E-state index contributed by atoms with van der Waals surface area (Å²) >= 11 is 0. The molecular formula is C20H22N2O5. The van der Waals surface area contributed by atoms with Gasteiger partial charge in [0.2, 0.25) is 18.6 Å². The Morgan fingerprint density at radius 3 is 2.52 bits per heavy atom. The van der Waals surface area contributed by atoms with E-state index in [1.807, 2.05) is 26.0 Å². The van der Waals surface area contributed by atoms with Crippen LogP contribution in [0.3, 0.4) is 0 Å². The van der Waals surface area contributed by atoms with Crippen molar-refractivity contribution in [1.82, 2.24) is 5.32 Å². The van der Waals surface area contributed by atoms with Crippen LogP contribution in [0.5, 0.6) is 17.2 Å². The summed E-state index contributed by atoms with van der Waals surface area (Å²) < 4.78 is 16.1. The van der Waals surface area contributed by atoms with Gasteiger partial charge in [-0.05, 0) is 55.8 Å². The number of rotatable bonds is 7. The fraction of sp³-hybridized carbons (Fsp3) is 0.300. The second-order valence-corrected chi connectivity index (χ2v) is 6.38.